The van der Waals surface area contributed by atoms with Crippen LogP contribution in [0.2, 0.25) is 0 Å². The number of nitrogens with zero attached hydrogens (tertiary/aromatic N) is 1. The monoisotopic (exact) mass is 465 g/mol. The predicted octanol–water partition coefficient (Wildman–Crippen LogP) is 3.46. The highest BCUT2D eigenvalue weighted by atomic mass is 79.9. The predicted molar refractivity (Wildman–Crippen MR) is 114 cm³/mol. The number of hydrogen-bond donors (Lipinski definition) is 2. The number of halogens is 1. The molecule has 0 aliphatic heterocycles. The van der Waals surface area contributed by atoms with Crippen LogP contribution in [0.1, 0.15) is 30.1 Å². The molecular formula is C20H24BrN3O3S. The number of sulfonamides is 1. The summed E-state index contributed by atoms with van der Waals surface area (Å²) in [4.78, 5) is 14.9. The van der Waals surface area contributed by atoms with Crippen molar-refractivity contribution >= 4 is 37.5 Å². The van der Waals surface area contributed by atoms with Crippen molar-refractivity contribution in [1.29, 1.82) is 0 Å². The molecular weight excluding hydrogens is 442 g/mol. The van der Waals surface area contributed by atoms with Gasteiger partial charge in [-0.15, -0.1) is 0 Å². The molecule has 2 N–H and O–H groups in total. The summed E-state index contributed by atoms with van der Waals surface area (Å²) in [7, 11) is -1.65. The van der Waals surface area contributed by atoms with Gasteiger partial charge >= 0.3 is 0 Å². The van der Waals surface area contributed by atoms with Crippen molar-refractivity contribution in [2.24, 2.45) is 0 Å². The fraction of sp³-hybridized carbons (Fsp3) is 0.350. The number of rotatable bonds is 8. The van der Waals surface area contributed by atoms with Gasteiger partial charge in [-0.3, -0.25) is 14.4 Å². The summed E-state index contributed by atoms with van der Waals surface area (Å²) < 4.78 is 28.4. The Hall–Kier alpha value is -1.90. The van der Waals surface area contributed by atoms with Crippen LogP contribution in [0, 0.1) is 0 Å². The number of carbonyl (C=O) groups excluding carboxylic acids is 1. The van der Waals surface area contributed by atoms with Crippen LogP contribution >= 0.6 is 15.9 Å². The SMILES string of the molecule is CC(CNC(=O)c1cccc(NS(=O)(=O)c2ccc(Br)cc2)c1)N(C)C1CC1. The lowest BCUT2D eigenvalue weighted by molar-refractivity contribution is 0.0939. The molecule has 0 radical (unpaired) electrons. The van der Waals surface area contributed by atoms with Crippen LogP contribution in [-0.4, -0.2) is 44.9 Å². The zero-order chi connectivity index (χ0) is 20.3. The third-order valence-corrected chi connectivity index (χ3v) is 6.80. The Morgan fingerprint density at radius 2 is 1.89 bits per heavy atom. The Morgan fingerprint density at radius 1 is 1.21 bits per heavy atom. The topological polar surface area (TPSA) is 78.5 Å². The van der Waals surface area contributed by atoms with E-state index in [2.05, 4.69) is 44.8 Å². The highest BCUT2D eigenvalue weighted by molar-refractivity contribution is 9.10. The van der Waals surface area contributed by atoms with Gasteiger partial charge in [0, 0.05) is 34.4 Å². The summed E-state index contributed by atoms with van der Waals surface area (Å²) in [5, 5.41) is 2.93. The molecule has 0 spiro atoms. The first kappa shape index (κ1) is 20.8. The van der Waals surface area contributed by atoms with Gasteiger partial charge in [-0.2, -0.15) is 0 Å². The van der Waals surface area contributed by atoms with Crippen LogP contribution in [0.4, 0.5) is 5.69 Å². The van der Waals surface area contributed by atoms with E-state index in [-0.39, 0.29) is 16.8 Å². The summed E-state index contributed by atoms with van der Waals surface area (Å²) in [6, 6.07) is 13.7. The Morgan fingerprint density at radius 3 is 2.54 bits per heavy atom. The van der Waals surface area contributed by atoms with E-state index in [4.69, 9.17) is 0 Å². The van der Waals surface area contributed by atoms with E-state index in [1.807, 2.05) is 0 Å². The number of likely N-dealkylation sites (N-methyl/N-ethyl adjacent to an activating group) is 1. The number of carbonyl (C=O) groups is 1. The molecule has 1 atom stereocenters. The minimum Gasteiger partial charge on any atom is -0.350 e. The first-order valence-electron chi connectivity index (χ1n) is 9.15. The third-order valence-electron chi connectivity index (χ3n) is 4.88. The summed E-state index contributed by atoms with van der Waals surface area (Å²) >= 11 is 3.29. The fourth-order valence-corrected chi connectivity index (χ4v) is 4.19. The second kappa shape index (κ2) is 8.63. The molecule has 0 saturated heterocycles. The zero-order valence-corrected chi connectivity index (χ0v) is 18.3. The molecule has 0 bridgehead atoms. The molecule has 2 aromatic rings. The lowest BCUT2D eigenvalue weighted by atomic mass is 10.2. The molecule has 1 saturated carbocycles. The summed E-state index contributed by atoms with van der Waals surface area (Å²) in [5.74, 6) is -0.222. The summed E-state index contributed by atoms with van der Waals surface area (Å²) in [6.07, 6.45) is 2.44. The third kappa shape index (κ3) is 5.33. The van der Waals surface area contributed by atoms with Gasteiger partial charge in [-0.1, -0.05) is 22.0 Å². The highest BCUT2D eigenvalue weighted by Gasteiger charge is 2.29. The van der Waals surface area contributed by atoms with Crippen molar-refractivity contribution in [2.75, 3.05) is 18.3 Å². The maximum Gasteiger partial charge on any atom is 0.261 e. The van der Waals surface area contributed by atoms with Crippen LogP contribution < -0.4 is 10.0 Å². The van der Waals surface area contributed by atoms with E-state index in [1.165, 1.54) is 25.0 Å². The smallest absolute Gasteiger partial charge is 0.261 e. The van der Waals surface area contributed by atoms with E-state index in [9.17, 15) is 13.2 Å². The van der Waals surface area contributed by atoms with Gasteiger partial charge in [-0.25, -0.2) is 8.42 Å². The van der Waals surface area contributed by atoms with Crippen molar-refractivity contribution in [1.82, 2.24) is 10.2 Å². The number of anilines is 1. The molecule has 0 aromatic heterocycles. The molecule has 3 rings (SSSR count). The highest BCUT2D eigenvalue weighted by Crippen LogP contribution is 2.26. The molecule has 0 heterocycles. The van der Waals surface area contributed by atoms with Crippen LogP contribution in [0.3, 0.4) is 0 Å². The molecule has 1 fully saturated rings. The zero-order valence-electron chi connectivity index (χ0n) is 15.9. The molecule has 8 heteroatoms. The number of nitrogens with one attached hydrogen (secondary N) is 2. The maximum atomic E-state index is 12.5. The average molecular weight is 466 g/mol. The molecule has 1 aliphatic carbocycles. The van der Waals surface area contributed by atoms with Crippen molar-refractivity contribution in [3.05, 3.63) is 58.6 Å². The van der Waals surface area contributed by atoms with Crippen LogP contribution in [0.15, 0.2) is 57.9 Å². The van der Waals surface area contributed by atoms with Gasteiger partial charge in [-0.05, 0) is 69.3 Å². The van der Waals surface area contributed by atoms with Crippen molar-refractivity contribution in [2.45, 2.75) is 36.7 Å². The number of benzene rings is 2. The van der Waals surface area contributed by atoms with Crippen molar-refractivity contribution < 1.29 is 13.2 Å². The van der Waals surface area contributed by atoms with E-state index in [1.54, 1.807) is 36.4 Å². The fourth-order valence-electron chi connectivity index (χ4n) is 2.88. The average Bonchev–Trinajstić information content (AvgIpc) is 3.50. The van der Waals surface area contributed by atoms with Gasteiger partial charge in [0.25, 0.3) is 15.9 Å². The van der Waals surface area contributed by atoms with E-state index in [0.29, 0.717) is 23.8 Å². The first-order chi connectivity index (χ1) is 13.3. The van der Waals surface area contributed by atoms with E-state index >= 15 is 0 Å². The second-order valence-corrected chi connectivity index (χ2v) is 9.69. The summed E-state index contributed by atoms with van der Waals surface area (Å²) in [5.41, 5.74) is 0.760. The van der Waals surface area contributed by atoms with Crippen molar-refractivity contribution in [3.63, 3.8) is 0 Å². The molecule has 28 heavy (non-hydrogen) atoms. The standard InChI is InChI=1S/C20H24BrN3O3S/c1-14(24(2)18-8-9-18)13-22-20(25)15-4-3-5-17(12-15)23-28(26,27)19-10-6-16(21)7-11-19/h3-7,10-12,14,18,23H,8-9,13H2,1-2H3,(H,22,25). The first-order valence-corrected chi connectivity index (χ1v) is 11.4. The Balaban J connectivity index is 1.64. The molecule has 1 amide bonds. The van der Waals surface area contributed by atoms with Gasteiger partial charge < -0.3 is 5.32 Å². The maximum absolute atomic E-state index is 12.5. The van der Waals surface area contributed by atoms with Gasteiger partial charge in [0.2, 0.25) is 0 Å². The Kier molecular flexibility index (Phi) is 6.42. The molecule has 1 unspecified atom stereocenters. The Bertz CT molecular complexity index is 943. The number of hydrogen-bond acceptors (Lipinski definition) is 4. The van der Waals surface area contributed by atoms with Gasteiger partial charge in [0.15, 0.2) is 0 Å². The van der Waals surface area contributed by atoms with Gasteiger partial charge in [0.05, 0.1) is 4.90 Å². The molecule has 2 aromatic carbocycles. The summed E-state index contributed by atoms with van der Waals surface area (Å²) in [6.45, 7) is 2.63. The van der Waals surface area contributed by atoms with Crippen LogP contribution in [0.5, 0.6) is 0 Å². The number of amides is 1. The Labute approximate surface area is 174 Å². The minimum absolute atomic E-state index is 0.155. The van der Waals surface area contributed by atoms with Crippen LogP contribution in [-0.2, 0) is 10.0 Å². The lowest BCUT2D eigenvalue weighted by Gasteiger charge is -2.24. The van der Waals surface area contributed by atoms with Gasteiger partial charge in [0.1, 0.15) is 0 Å². The molecule has 150 valence electrons. The minimum atomic E-state index is -3.72. The van der Waals surface area contributed by atoms with E-state index < -0.39 is 10.0 Å². The second-order valence-electron chi connectivity index (χ2n) is 7.10. The normalized spacial score (nSPS) is 15.3. The van der Waals surface area contributed by atoms with E-state index in [0.717, 1.165) is 4.47 Å². The van der Waals surface area contributed by atoms with Crippen molar-refractivity contribution in [3.8, 4) is 0 Å². The molecule has 6 nitrogen and oxygen atoms in total. The van der Waals surface area contributed by atoms with Crippen LogP contribution in [0.25, 0.3) is 0 Å². The largest absolute Gasteiger partial charge is 0.350 e. The quantitative estimate of drug-likeness (QED) is 0.625. The lowest BCUT2D eigenvalue weighted by Crippen LogP contribution is -2.41. The molecule has 1 aliphatic rings.